The molecule has 0 aromatic carbocycles. The molecule has 0 atom stereocenters. The lowest BCUT2D eigenvalue weighted by Gasteiger charge is -2.46. The molecular weight excluding hydrogens is 340 g/mol. The van der Waals surface area contributed by atoms with E-state index in [1.54, 1.807) is 0 Å². The van der Waals surface area contributed by atoms with Crippen LogP contribution in [0, 0.1) is 5.92 Å². The number of urea groups is 1. The number of hydrogen-bond acceptors (Lipinski definition) is 3. The van der Waals surface area contributed by atoms with Gasteiger partial charge < -0.3 is 20.4 Å². The highest BCUT2D eigenvalue weighted by atomic mass is 16.2. The topological polar surface area (TPSA) is 69.9 Å². The van der Waals surface area contributed by atoms with E-state index in [2.05, 4.69) is 4.90 Å². The first-order valence-corrected chi connectivity index (χ1v) is 11.1. The second-order valence-corrected chi connectivity index (χ2v) is 9.02. The number of carbonyl (C=O) groups is 2. The number of rotatable bonds is 4. The van der Waals surface area contributed by atoms with Gasteiger partial charge in [-0.15, -0.1) is 0 Å². The number of amides is 3. The van der Waals surface area contributed by atoms with Crippen molar-refractivity contribution in [3.8, 4) is 0 Å². The summed E-state index contributed by atoms with van der Waals surface area (Å²) >= 11 is 0. The first-order valence-electron chi connectivity index (χ1n) is 11.1. The maximum atomic E-state index is 12.2. The maximum Gasteiger partial charge on any atom is 0.315 e. The minimum Gasteiger partial charge on any atom is -0.351 e. The van der Waals surface area contributed by atoms with E-state index >= 15 is 0 Å². The molecule has 27 heavy (non-hydrogen) atoms. The van der Waals surface area contributed by atoms with E-state index in [0.717, 1.165) is 64.7 Å². The predicted molar refractivity (Wildman–Crippen MR) is 107 cm³/mol. The van der Waals surface area contributed by atoms with Gasteiger partial charge in [0.05, 0.1) is 0 Å². The second kappa shape index (κ2) is 9.26. The molecule has 0 spiro atoms. The molecule has 2 saturated heterocycles. The third-order valence-corrected chi connectivity index (χ3v) is 6.90. The molecular formula is C21H38N4O2. The third kappa shape index (κ3) is 4.95. The lowest BCUT2D eigenvalue weighted by atomic mass is 9.91. The summed E-state index contributed by atoms with van der Waals surface area (Å²) in [6.07, 6.45) is 10.2. The number of piperidine rings is 2. The molecule has 0 unspecified atom stereocenters. The van der Waals surface area contributed by atoms with Crippen LogP contribution in [-0.2, 0) is 4.79 Å². The van der Waals surface area contributed by atoms with Gasteiger partial charge in [-0.25, -0.2) is 4.79 Å². The molecule has 2 aliphatic heterocycles. The number of nitrogens with zero attached hydrogens (tertiary/aromatic N) is 3. The van der Waals surface area contributed by atoms with Gasteiger partial charge >= 0.3 is 6.03 Å². The molecule has 1 saturated carbocycles. The zero-order chi connectivity index (χ0) is 19.4. The van der Waals surface area contributed by atoms with Crippen LogP contribution in [-0.4, -0.2) is 70.9 Å². The van der Waals surface area contributed by atoms with Crippen LogP contribution in [0.2, 0.25) is 0 Å². The van der Waals surface area contributed by atoms with E-state index in [4.69, 9.17) is 5.73 Å². The third-order valence-electron chi connectivity index (χ3n) is 6.90. The molecule has 6 heteroatoms. The van der Waals surface area contributed by atoms with Crippen molar-refractivity contribution in [1.29, 1.82) is 0 Å². The summed E-state index contributed by atoms with van der Waals surface area (Å²) in [5.41, 5.74) is 5.78. The van der Waals surface area contributed by atoms with Crippen LogP contribution in [0.3, 0.4) is 0 Å². The van der Waals surface area contributed by atoms with Crippen molar-refractivity contribution in [2.75, 3.05) is 26.2 Å². The summed E-state index contributed by atoms with van der Waals surface area (Å²) in [6.45, 7) is 7.83. The summed E-state index contributed by atoms with van der Waals surface area (Å²) in [6, 6.07) is 1.03. The Morgan fingerprint density at radius 3 is 1.93 bits per heavy atom. The lowest BCUT2D eigenvalue weighted by molar-refractivity contribution is -0.136. The van der Waals surface area contributed by atoms with Crippen molar-refractivity contribution in [2.45, 2.75) is 89.8 Å². The SMILES string of the molecule is CC(C)C(=O)N1CCC(N2CCC(N(C(N)=O)C3CCCCC3)CC2)CC1. The van der Waals surface area contributed by atoms with Gasteiger partial charge in [0.1, 0.15) is 0 Å². The molecule has 3 amide bonds. The van der Waals surface area contributed by atoms with E-state index < -0.39 is 0 Å². The first kappa shape index (κ1) is 20.4. The van der Waals surface area contributed by atoms with Crippen molar-refractivity contribution < 1.29 is 9.59 Å². The predicted octanol–water partition coefficient (Wildman–Crippen LogP) is 2.81. The Morgan fingerprint density at radius 1 is 0.852 bits per heavy atom. The molecule has 154 valence electrons. The molecule has 0 bridgehead atoms. The fourth-order valence-electron chi connectivity index (χ4n) is 5.36. The molecule has 6 nitrogen and oxygen atoms in total. The highest BCUT2D eigenvalue weighted by Gasteiger charge is 2.35. The maximum absolute atomic E-state index is 12.2. The smallest absolute Gasteiger partial charge is 0.315 e. The van der Waals surface area contributed by atoms with Gasteiger partial charge in [-0.05, 0) is 38.5 Å². The van der Waals surface area contributed by atoms with Gasteiger partial charge in [-0.1, -0.05) is 33.1 Å². The number of nitrogens with two attached hydrogens (primary N) is 1. The quantitative estimate of drug-likeness (QED) is 0.818. The Morgan fingerprint density at radius 2 is 1.41 bits per heavy atom. The summed E-state index contributed by atoms with van der Waals surface area (Å²) < 4.78 is 0. The molecule has 3 aliphatic rings. The molecule has 0 aromatic rings. The normalized spacial score (nSPS) is 24.3. The molecule has 3 fully saturated rings. The van der Waals surface area contributed by atoms with Crippen LogP contribution in [0.25, 0.3) is 0 Å². The summed E-state index contributed by atoms with van der Waals surface area (Å²) in [7, 11) is 0. The van der Waals surface area contributed by atoms with E-state index in [-0.39, 0.29) is 17.9 Å². The van der Waals surface area contributed by atoms with Crippen LogP contribution in [0.1, 0.15) is 71.6 Å². The zero-order valence-electron chi connectivity index (χ0n) is 17.2. The molecule has 0 aromatic heterocycles. The highest BCUT2D eigenvalue weighted by Crippen LogP contribution is 2.29. The average molecular weight is 379 g/mol. The number of primary amides is 1. The summed E-state index contributed by atoms with van der Waals surface area (Å²) in [4.78, 5) is 31.0. The van der Waals surface area contributed by atoms with Gasteiger partial charge in [0, 0.05) is 50.2 Å². The van der Waals surface area contributed by atoms with Crippen LogP contribution in [0.5, 0.6) is 0 Å². The van der Waals surface area contributed by atoms with E-state index in [1.807, 2.05) is 23.6 Å². The van der Waals surface area contributed by atoms with E-state index in [1.165, 1.54) is 19.3 Å². The van der Waals surface area contributed by atoms with Gasteiger partial charge in [0.15, 0.2) is 0 Å². The zero-order valence-corrected chi connectivity index (χ0v) is 17.2. The van der Waals surface area contributed by atoms with Gasteiger partial charge in [-0.3, -0.25) is 4.79 Å². The van der Waals surface area contributed by atoms with Crippen LogP contribution in [0.4, 0.5) is 4.79 Å². The lowest BCUT2D eigenvalue weighted by Crippen LogP contribution is -2.56. The largest absolute Gasteiger partial charge is 0.351 e. The molecule has 0 radical (unpaired) electrons. The highest BCUT2D eigenvalue weighted by molar-refractivity contribution is 5.78. The number of likely N-dealkylation sites (tertiary alicyclic amines) is 2. The Labute approximate surface area is 164 Å². The minimum absolute atomic E-state index is 0.0943. The monoisotopic (exact) mass is 378 g/mol. The Kier molecular flexibility index (Phi) is 7.01. The van der Waals surface area contributed by atoms with Crippen molar-refractivity contribution in [3.63, 3.8) is 0 Å². The summed E-state index contributed by atoms with van der Waals surface area (Å²) in [5.74, 6) is 0.383. The van der Waals surface area contributed by atoms with Crippen molar-refractivity contribution in [1.82, 2.24) is 14.7 Å². The van der Waals surface area contributed by atoms with E-state index in [9.17, 15) is 9.59 Å². The van der Waals surface area contributed by atoms with Crippen molar-refractivity contribution >= 4 is 11.9 Å². The fourth-order valence-corrected chi connectivity index (χ4v) is 5.36. The van der Waals surface area contributed by atoms with Crippen LogP contribution < -0.4 is 5.73 Å². The van der Waals surface area contributed by atoms with Crippen molar-refractivity contribution in [3.05, 3.63) is 0 Å². The summed E-state index contributed by atoms with van der Waals surface area (Å²) in [5, 5.41) is 0. The first-order chi connectivity index (χ1) is 13.0. The molecule has 2 heterocycles. The van der Waals surface area contributed by atoms with Crippen LogP contribution in [0.15, 0.2) is 0 Å². The Bertz CT molecular complexity index is 502. The average Bonchev–Trinajstić information content (AvgIpc) is 2.69. The molecule has 2 N–H and O–H groups in total. The molecule has 1 aliphatic carbocycles. The Hall–Kier alpha value is -1.30. The number of hydrogen-bond donors (Lipinski definition) is 1. The minimum atomic E-state index is -0.221. The van der Waals surface area contributed by atoms with Crippen molar-refractivity contribution in [2.24, 2.45) is 11.7 Å². The second-order valence-electron chi connectivity index (χ2n) is 9.02. The van der Waals surface area contributed by atoms with Gasteiger partial charge in [0.2, 0.25) is 5.91 Å². The fraction of sp³-hybridized carbons (Fsp3) is 0.905. The number of carbonyl (C=O) groups excluding carboxylic acids is 2. The standard InChI is InChI=1S/C21H38N4O2/c1-16(2)20(26)24-14-8-17(9-15-24)23-12-10-19(11-13-23)25(21(22)27)18-6-4-3-5-7-18/h16-19H,3-15H2,1-2H3,(H2,22,27). The molecule has 3 rings (SSSR count). The van der Waals surface area contributed by atoms with Crippen LogP contribution >= 0.6 is 0 Å². The Balaban J connectivity index is 1.48. The van der Waals surface area contributed by atoms with E-state index in [0.29, 0.717) is 18.1 Å². The van der Waals surface area contributed by atoms with Gasteiger partial charge in [-0.2, -0.15) is 0 Å². The van der Waals surface area contributed by atoms with Gasteiger partial charge in [0.25, 0.3) is 0 Å².